The molecule has 0 spiro atoms. The lowest BCUT2D eigenvalue weighted by atomic mass is 10.1. The molecule has 33 heavy (non-hydrogen) atoms. The van der Waals surface area contributed by atoms with Crippen LogP contribution >= 0.6 is 11.6 Å². The van der Waals surface area contributed by atoms with Crippen LogP contribution in [-0.2, 0) is 11.4 Å². The van der Waals surface area contributed by atoms with Crippen LogP contribution in [0.5, 0.6) is 5.75 Å². The predicted octanol–water partition coefficient (Wildman–Crippen LogP) is 6.93. The number of nitrogens with one attached hydrogen (secondary N) is 1. The first kappa shape index (κ1) is 22.1. The smallest absolute Gasteiger partial charge is 0.266 e. The molecular formula is C28H21ClN2O2. The maximum absolute atomic E-state index is 12.8. The van der Waals surface area contributed by atoms with Crippen molar-refractivity contribution in [1.29, 1.82) is 5.26 Å². The van der Waals surface area contributed by atoms with Crippen molar-refractivity contribution in [2.45, 2.75) is 13.5 Å². The summed E-state index contributed by atoms with van der Waals surface area (Å²) in [4.78, 5) is 12.8. The Morgan fingerprint density at radius 1 is 1.03 bits per heavy atom. The lowest BCUT2D eigenvalue weighted by Gasteiger charge is -2.12. The van der Waals surface area contributed by atoms with E-state index >= 15 is 0 Å². The average molecular weight is 453 g/mol. The van der Waals surface area contributed by atoms with E-state index in [-0.39, 0.29) is 5.57 Å². The molecule has 0 aliphatic heterocycles. The molecule has 1 N–H and O–H groups in total. The van der Waals surface area contributed by atoms with Crippen molar-refractivity contribution in [3.05, 3.63) is 112 Å². The molecule has 0 fully saturated rings. The van der Waals surface area contributed by atoms with Crippen LogP contribution in [0, 0.1) is 18.3 Å². The standard InChI is InChI=1S/C28H21ClN2O2/c1-19-13-14-24(29)16-26(19)31-28(32)23(17-30)15-21-8-3-5-12-27(21)33-18-22-10-6-9-20-7-2-4-11-25(20)22/h2-16H,18H2,1H3,(H,31,32)/b23-15+. The Kier molecular flexibility index (Phi) is 6.73. The van der Waals surface area contributed by atoms with E-state index in [1.54, 1.807) is 12.1 Å². The third-order valence-corrected chi connectivity index (χ3v) is 5.53. The minimum atomic E-state index is -0.508. The van der Waals surface area contributed by atoms with Crippen LogP contribution in [-0.4, -0.2) is 5.91 Å². The molecule has 1 amide bonds. The van der Waals surface area contributed by atoms with Gasteiger partial charge >= 0.3 is 0 Å². The number of hydrogen-bond donors (Lipinski definition) is 1. The van der Waals surface area contributed by atoms with Gasteiger partial charge in [-0.2, -0.15) is 5.26 Å². The number of amides is 1. The van der Waals surface area contributed by atoms with Gasteiger partial charge in [-0.1, -0.05) is 78.3 Å². The van der Waals surface area contributed by atoms with Gasteiger partial charge in [0.1, 0.15) is 24.0 Å². The lowest BCUT2D eigenvalue weighted by Crippen LogP contribution is -2.14. The predicted molar refractivity (Wildman–Crippen MR) is 133 cm³/mol. The molecular weight excluding hydrogens is 432 g/mol. The summed E-state index contributed by atoms with van der Waals surface area (Å²) >= 11 is 6.04. The normalized spacial score (nSPS) is 11.1. The summed E-state index contributed by atoms with van der Waals surface area (Å²) in [6, 6.07) is 28.8. The Morgan fingerprint density at radius 3 is 2.64 bits per heavy atom. The minimum Gasteiger partial charge on any atom is -0.488 e. The molecule has 0 unspecified atom stereocenters. The lowest BCUT2D eigenvalue weighted by molar-refractivity contribution is -0.112. The van der Waals surface area contributed by atoms with Gasteiger partial charge in [-0.15, -0.1) is 0 Å². The number of anilines is 1. The second-order valence-corrected chi connectivity index (χ2v) is 7.98. The molecule has 0 radical (unpaired) electrons. The summed E-state index contributed by atoms with van der Waals surface area (Å²) in [6.07, 6.45) is 1.54. The minimum absolute atomic E-state index is 0.0319. The van der Waals surface area contributed by atoms with E-state index in [0.29, 0.717) is 28.6 Å². The molecule has 5 heteroatoms. The Morgan fingerprint density at radius 2 is 1.79 bits per heavy atom. The fourth-order valence-electron chi connectivity index (χ4n) is 3.53. The van der Waals surface area contributed by atoms with E-state index in [0.717, 1.165) is 21.9 Å². The molecule has 0 saturated carbocycles. The van der Waals surface area contributed by atoms with E-state index in [4.69, 9.17) is 16.3 Å². The molecule has 0 bridgehead atoms. The first-order chi connectivity index (χ1) is 16.0. The van der Waals surface area contributed by atoms with Crippen molar-refractivity contribution in [3.8, 4) is 11.8 Å². The molecule has 4 aromatic rings. The third-order valence-electron chi connectivity index (χ3n) is 5.29. The largest absolute Gasteiger partial charge is 0.488 e. The molecule has 4 rings (SSSR count). The zero-order valence-electron chi connectivity index (χ0n) is 18.0. The van der Waals surface area contributed by atoms with Crippen molar-refractivity contribution in [1.82, 2.24) is 0 Å². The highest BCUT2D eigenvalue weighted by molar-refractivity contribution is 6.31. The number of halogens is 1. The van der Waals surface area contributed by atoms with E-state index in [1.807, 2.05) is 67.6 Å². The van der Waals surface area contributed by atoms with Gasteiger partial charge in [0.2, 0.25) is 0 Å². The second-order valence-electron chi connectivity index (χ2n) is 7.55. The first-order valence-electron chi connectivity index (χ1n) is 10.4. The maximum atomic E-state index is 12.8. The van der Waals surface area contributed by atoms with Crippen LogP contribution in [0.25, 0.3) is 16.8 Å². The van der Waals surface area contributed by atoms with Crippen LogP contribution in [0.2, 0.25) is 5.02 Å². The number of rotatable bonds is 6. The van der Waals surface area contributed by atoms with Crippen LogP contribution in [0.1, 0.15) is 16.7 Å². The van der Waals surface area contributed by atoms with Crippen LogP contribution < -0.4 is 10.1 Å². The second kappa shape index (κ2) is 10.0. The van der Waals surface area contributed by atoms with Gasteiger partial charge in [-0.3, -0.25) is 4.79 Å². The third kappa shape index (κ3) is 5.23. The first-order valence-corrected chi connectivity index (χ1v) is 10.8. The number of nitriles is 1. The van der Waals surface area contributed by atoms with Gasteiger partial charge in [0.15, 0.2) is 0 Å². The summed E-state index contributed by atoms with van der Waals surface area (Å²) in [5.74, 6) is 0.0802. The fraction of sp³-hybridized carbons (Fsp3) is 0.0714. The Balaban J connectivity index is 1.57. The number of fused-ring (bicyclic) bond motifs is 1. The number of carbonyl (C=O) groups excluding carboxylic acids is 1. The summed E-state index contributed by atoms with van der Waals surface area (Å²) in [5, 5.41) is 15.2. The van der Waals surface area contributed by atoms with Crippen LogP contribution in [0.4, 0.5) is 5.69 Å². The number of para-hydroxylation sites is 1. The molecule has 0 aromatic heterocycles. The number of nitrogens with zero attached hydrogens (tertiary/aromatic N) is 1. The Hall–Kier alpha value is -4.07. The van der Waals surface area contributed by atoms with Gasteiger partial charge in [0, 0.05) is 16.3 Å². The van der Waals surface area contributed by atoms with Crippen molar-refractivity contribution >= 4 is 40.0 Å². The molecule has 0 heterocycles. The molecule has 0 atom stereocenters. The van der Waals surface area contributed by atoms with E-state index < -0.39 is 5.91 Å². The van der Waals surface area contributed by atoms with Gasteiger partial charge in [-0.05, 0) is 53.1 Å². The molecule has 4 nitrogen and oxygen atoms in total. The Bertz CT molecular complexity index is 1400. The van der Waals surface area contributed by atoms with Crippen molar-refractivity contribution in [3.63, 3.8) is 0 Å². The zero-order chi connectivity index (χ0) is 23.2. The number of ether oxygens (including phenoxy) is 1. The van der Waals surface area contributed by atoms with E-state index in [2.05, 4.69) is 23.5 Å². The van der Waals surface area contributed by atoms with Gasteiger partial charge in [-0.25, -0.2) is 0 Å². The highest BCUT2D eigenvalue weighted by atomic mass is 35.5. The number of hydrogen-bond acceptors (Lipinski definition) is 3. The number of aryl methyl sites for hydroxylation is 1. The summed E-state index contributed by atoms with van der Waals surface area (Å²) in [5.41, 5.74) is 3.09. The van der Waals surface area contributed by atoms with E-state index in [1.165, 1.54) is 6.08 Å². The van der Waals surface area contributed by atoms with Crippen LogP contribution in [0.15, 0.2) is 90.5 Å². The molecule has 162 valence electrons. The number of carbonyl (C=O) groups is 1. The Labute approximate surface area is 197 Å². The SMILES string of the molecule is Cc1ccc(Cl)cc1NC(=O)/C(C#N)=C/c1ccccc1OCc1cccc2ccccc12. The highest BCUT2D eigenvalue weighted by Crippen LogP contribution is 2.26. The molecule has 0 aliphatic carbocycles. The van der Waals surface area contributed by atoms with Gasteiger partial charge in [0.05, 0.1) is 0 Å². The van der Waals surface area contributed by atoms with Crippen molar-refractivity contribution in [2.75, 3.05) is 5.32 Å². The summed E-state index contributed by atoms with van der Waals surface area (Å²) < 4.78 is 6.11. The van der Waals surface area contributed by atoms with Crippen molar-refractivity contribution in [2.24, 2.45) is 0 Å². The topological polar surface area (TPSA) is 62.1 Å². The van der Waals surface area contributed by atoms with E-state index in [9.17, 15) is 10.1 Å². The van der Waals surface area contributed by atoms with Crippen LogP contribution in [0.3, 0.4) is 0 Å². The number of benzene rings is 4. The monoisotopic (exact) mass is 452 g/mol. The summed E-state index contributed by atoms with van der Waals surface area (Å²) in [7, 11) is 0. The molecule has 0 aliphatic rings. The van der Waals surface area contributed by atoms with Crippen molar-refractivity contribution < 1.29 is 9.53 Å². The van der Waals surface area contributed by atoms with Gasteiger partial charge in [0.25, 0.3) is 5.91 Å². The maximum Gasteiger partial charge on any atom is 0.266 e. The summed E-state index contributed by atoms with van der Waals surface area (Å²) in [6.45, 7) is 2.22. The molecule has 4 aromatic carbocycles. The average Bonchev–Trinajstić information content (AvgIpc) is 2.84. The molecule has 0 saturated heterocycles. The van der Waals surface area contributed by atoms with Gasteiger partial charge < -0.3 is 10.1 Å². The zero-order valence-corrected chi connectivity index (χ0v) is 18.8. The fourth-order valence-corrected chi connectivity index (χ4v) is 3.70. The highest BCUT2D eigenvalue weighted by Gasteiger charge is 2.13. The quantitative estimate of drug-likeness (QED) is 0.255.